The Bertz CT molecular complexity index is 881. The summed E-state index contributed by atoms with van der Waals surface area (Å²) in [7, 11) is 1.83. The van der Waals surface area contributed by atoms with Crippen LogP contribution in [0.5, 0.6) is 0 Å². The molecule has 2 aromatic heterocycles. The number of aromatic nitrogens is 2. The third kappa shape index (κ3) is 3.57. The van der Waals surface area contributed by atoms with Gasteiger partial charge in [0.05, 0.1) is 22.9 Å². The molecule has 0 saturated carbocycles. The lowest BCUT2D eigenvalue weighted by atomic mass is 10.2. The number of benzene rings is 1. The molecule has 3 aromatic rings. The van der Waals surface area contributed by atoms with E-state index in [2.05, 4.69) is 5.10 Å². The lowest BCUT2D eigenvalue weighted by Gasteiger charge is -2.15. The standard InChI is InChI=1S/C20H21N3O2S/c1-22(13-15-12-21-23(14-15)16-6-3-2-4-7-16)20(24)19-10-9-18(26-19)17-8-5-11-25-17/h2-4,6-7,9-10,12,14,17H,5,8,11,13H2,1H3/t17-/m1/s1. The minimum absolute atomic E-state index is 0.0340. The smallest absolute Gasteiger partial charge is 0.263 e. The summed E-state index contributed by atoms with van der Waals surface area (Å²) in [4.78, 5) is 16.4. The Labute approximate surface area is 156 Å². The zero-order valence-electron chi connectivity index (χ0n) is 14.7. The average Bonchev–Trinajstić information content (AvgIpc) is 3.42. The van der Waals surface area contributed by atoms with Crippen molar-refractivity contribution in [1.82, 2.24) is 14.7 Å². The molecular formula is C20H21N3O2S. The van der Waals surface area contributed by atoms with E-state index in [0.29, 0.717) is 6.54 Å². The van der Waals surface area contributed by atoms with Crippen LogP contribution in [0.15, 0.2) is 54.9 Å². The zero-order chi connectivity index (χ0) is 17.9. The van der Waals surface area contributed by atoms with Crippen LogP contribution in [-0.2, 0) is 11.3 Å². The van der Waals surface area contributed by atoms with Gasteiger partial charge < -0.3 is 9.64 Å². The molecular weight excluding hydrogens is 346 g/mol. The van der Waals surface area contributed by atoms with Crippen molar-refractivity contribution in [2.24, 2.45) is 0 Å². The Morgan fingerprint density at radius 1 is 1.31 bits per heavy atom. The van der Waals surface area contributed by atoms with E-state index in [9.17, 15) is 4.79 Å². The molecule has 0 unspecified atom stereocenters. The molecule has 5 nitrogen and oxygen atoms in total. The zero-order valence-corrected chi connectivity index (χ0v) is 15.5. The molecule has 1 amide bonds. The lowest BCUT2D eigenvalue weighted by molar-refractivity contribution is 0.0790. The maximum absolute atomic E-state index is 12.7. The van der Waals surface area contributed by atoms with Gasteiger partial charge >= 0.3 is 0 Å². The molecule has 1 saturated heterocycles. The van der Waals surface area contributed by atoms with Crippen molar-refractivity contribution >= 4 is 17.2 Å². The van der Waals surface area contributed by atoms with Gasteiger partial charge in [-0.1, -0.05) is 18.2 Å². The Hall–Kier alpha value is -2.44. The summed E-state index contributed by atoms with van der Waals surface area (Å²) in [5.74, 6) is 0.0340. The molecule has 3 heterocycles. The van der Waals surface area contributed by atoms with Crippen LogP contribution in [-0.4, -0.2) is 34.2 Å². The molecule has 26 heavy (non-hydrogen) atoms. The fraction of sp³-hybridized carbons (Fsp3) is 0.300. The number of para-hydroxylation sites is 1. The first-order valence-electron chi connectivity index (χ1n) is 8.76. The molecule has 1 aliphatic rings. The van der Waals surface area contributed by atoms with Crippen LogP contribution < -0.4 is 0 Å². The molecule has 0 radical (unpaired) electrons. The van der Waals surface area contributed by atoms with Gasteiger partial charge in [-0.25, -0.2) is 4.68 Å². The van der Waals surface area contributed by atoms with Crippen molar-refractivity contribution in [3.05, 3.63) is 70.2 Å². The monoisotopic (exact) mass is 367 g/mol. The van der Waals surface area contributed by atoms with Gasteiger partial charge in [-0.15, -0.1) is 11.3 Å². The van der Waals surface area contributed by atoms with E-state index in [1.165, 1.54) is 0 Å². The molecule has 1 aliphatic heterocycles. The van der Waals surface area contributed by atoms with Crippen LogP contribution in [0.3, 0.4) is 0 Å². The van der Waals surface area contributed by atoms with Crippen molar-refractivity contribution < 1.29 is 9.53 Å². The fourth-order valence-corrected chi connectivity index (χ4v) is 4.23. The van der Waals surface area contributed by atoms with Crippen LogP contribution in [0.25, 0.3) is 5.69 Å². The second-order valence-corrected chi connectivity index (χ2v) is 7.61. The molecule has 6 heteroatoms. The second-order valence-electron chi connectivity index (χ2n) is 6.49. The summed E-state index contributed by atoms with van der Waals surface area (Å²) in [6.45, 7) is 1.34. The lowest BCUT2D eigenvalue weighted by Crippen LogP contribution is -2.25. The molecule has 0 aliphatic carbocycles. The molecule has 1 fully saturated rings. The van der Waals surface area contributed by atoms with Gasteiger partial charge in [-0.05, 0) is 37.1 Å². The first-order valence-corrected chi connectivity index (χ1v) is 9.58. The molecule has 0 spiro atoms. The summed E-state index contributed by atoms with van der Waals surface area (Å²) in [5, 5.41) is 4.39. The van der Waals surface area contributed by atoms with Gasteiger partial charge in [0.1, 0.15) is 0 Å². The fourth-order valence-electron chi connectivity index (χ4n) is 3.14. The topological polar surface area (TPSA) is 47.4 Å². The van der Waals surface area contributed by atoms with E-state index in [1.54, 1.807) is 16.2 Å². The summed E-state index contributed by atoms with van der Waals surface area (Å²) < 4.78 is 7.54. The summed E-state index contributed by atoms with van der Waals surface area (Å²) in [6, 6.07) is 13.9. The quantitative estimate of drug-likeness (QED) is 0.683. The predicted molar refractivity (Wildman–Crippen MR) is 102 cm³/mol. The van der Waals surface area contributed by atoms with E-state index in [0.717, 1.165) is 40.5 Å². The average molecular weight is 367 g/mol. The normalized spacial score (nSPS) is 16.7. The highest BCUT2D eigenvalue weighted by molar-refractivity contribution is 7.14. The third-order valence-corrected chi connectivity index (χ3v) is 5.67. The van der Waals surface area contributed by atoms with Gasteiger partial charge in [0, 0.05) is 36.8 Å². The second kappa shape index (κ2) is 7.43. The van der Waals surface area contributed by atoms with Gasteiger partial charge in [0.25, 0.3) is 5.91 Å². The van der Waals surface area contributed by atoms with E-state index in [4.69, 9.17) is 4.74 Å². The first-order chi connectivity index (χ1) is 12.7. The Kier molecular flexibility index (Phi) is 4.86. The highest BCUT2D eigenvalue weighted by atomic mass is 32.1. The molecule has 4 rings (SSSR count). The number of ether oxygens (including phenoxy) is 1. The van der Waals surface area contributed by atoms with Crippen LogP contribution in [0.1, 0.15) is 39.1 Å². The van der Waals surface area contributed by atoms with Gasteiger partial charge in [0.2, 0.25) is 0 Å². The number of thiophene rings is 1. The van der Waals surface area contributed by atoms with Crippen LogP contribution in [0.4, 0.5) is 0 Å². The maximum atomic E-state index is 12.7. The van der Waals surface area contributed by atoms with Crippen molar-refractivity contribution in [3.63, 3.8) is 0 Å². The highest BCUT2D eigenvalue weighted by Crippen LogP contribution is 2.33. The van der Waals surface area contributed by atoms with Crippen molar-refractivity contribution in [2.45, 2.75) is 25.5 Å². The number of amides is 1. The van der Waals surface area contributed by atoms with E-state index in [1.807, 2.05) is 66.6 Å². The van der Waals surface area contributed by atoms with E-state index < -0.39 is 0 Å². The van der Waals surface area contributed by atoms with Crippen LogP contribution >= 0.6 is 11.3 Å². The van der Waals surface area contributed by atoms with Crippen LogP contribution in [0, 0.1) is 0 Å². The predicted octanol–water partition coefficient (Wildman–Crippen LogP) is 4.06. The van der Waals surface area contributed by atoms with Crippen molar-refractivity contribution in [1.29, 1.82) is 0 Å². The van der Waals surface area contributed by atoms with Crippen molar-refractivity contribution in [3.8, 4) is 5.69 Å². The number of carbonyl (C=O) groups excluding carboxylic acids is 1. The largest absolute Gasteiger partial charge is 0.373 e. The Morgan fingerprint density at radius 3 is 2.92 bits per heavy atom. The van der Waals surface area contributed by atoms with Gasteiger partial charge in [0.15, 0.2) is 0 Å². The molecule has 134 valence electrons. The number of hydrogen-bond acceptors (Lipinski definition) is 4. The number of hydrogen-bond donors (Lipinski definition) is 0. The summed E-state index contributed by atoms with van der Waals surface area (Å²) in [6.07, 6.45) is 6.07. The first kappa shape index (κ1) is 17.0. The summed E-state index contributed by atoms with van der Waals surface area (Å²) >= 11 is 1.54. The SMILES string of the molecule is CN(Cc1cnn(-c2ccccc2)c1)C(=O)c1ccc([C@H]2CCCO2)s1. The van der Waals surface area contributed by atoms with Crippen molar-refractivity contribution in [2.75, 3.05) is 13.7 Å². The van der Waals surface area contributed by atoms with Crippen LogP contribution in [0.2, 0.25) is 0 Å². The van der Waals surface area contributed by atoms with Gasteiger partial charge in [-0.3, -0.25) is 4.79 Å². The Balaban J connectivity index is 1.42. The summed E-state index contributed by atoms with van der Waals surface area (Å²) in [5.41, 5.74) is 2.01. The Morgan fingerprint density at radius 2 is 2.15 bits per heavy atom. The molecule has 0 bridgehead atoms. The minimum atomic E-state index is 0.0340. The molecule has 1 atom stereocenters. The third-order valence-electron chi connectivity index (χ3n) is 4.51. The maximum Gasteiger partial charge on any atom is 0.263 e. The minimum Gasteiger partial charge on any atom is -0.373 e. The highest BCUT2D eigenvalue weighted by Gasteiger charge is 2.22. The van der Waals surface area contributed by atoms with E-state index >= 15 is 0 Å². The number of carbonyl (C=O) groups is 1. The van der Waals surface area contributed by atoms with E-state index in [-0.39, 0.29) is 12.0 Å². The molecule has 1 aromatic carbocycles. The number of rotatable bonds is 5. The van der Waals surface area contributed by atoms with Gasteiger partial charge in [-0.2, -0.15) is 5.10 Å². The molecule has 0 N–H and O–H groups in total. The number of nitrogens with zero attached hydrogens (tertiary/aromatic N) is 3.